The summed E-state index contributed by atoms with van der Waals surface area (Å²) in [5.74, 6) is -0.0647. The molecule has 0 spiro atoms. The summed E-state index contributed by atoms with van der Waals surface area (Å²) >= 11 is 1.55. The molecule has 0 bridgehead atoms. The van der Waals surface area contributed by atoms with E-state index < -0.39 is 6.61 Å². The molecule has 0 radical (unpaired) electrons. The van der Waals surface area contributed by atoms with Gasteiger partial charge in [0.2, 0.25) is 0 Å². The third-order valence-electron chi connectivity index (χ3n) is 4.85. The van der Waals surface area contributed by atoms with Crippen molar-refractivity contribution in [1.29, 1.82) is 0 Å². The number of thiophene rings is 1. The number of aryl methyl sites for hydroxylation is 1. The Hall–Kier alpha value is -3.06. The van der Waals surface area contributed by atoms with Crippen LogP contribution in [-0.4, -0.2) is 18.7 Å². The van der Waals surface area contributed by atoms with Crippen molar-refractivity contribution in [3.63, 3.8) is 0 Å². The Morgan fingerprint density at radius 3 is 2.53 bits per heavy atom. The van der Waals surface area contributed by atoms with E-state index >= 15 is 0 Å². The normalized spacial score (nSPS) is 13.4. The number of halogens is 2. The molecule has 0 saturated carbocycles. The van der Waals surface area contributed by atoms with Crippen molar-refractivity contribution < 1.29 is 18.3 Å². The summed E-state index contributed by atoms with van der Waals surface area (Å²) in [5.41, 5.74) is 3.19. The van der Waals surface area contributed by atoms with Crippen LogP contribution in [-0.2, 0) is 12.8 Å². The van der Waals surface area contributed by atoms with Gasteiger partial charge in [-0.05, 0) is 73.2 Å². The second-order valence-electron chi connectivity index (χ2n) is 6.92. The summed E-state index contributed by atoms with van der Waals surface area (Å²) in [5, 5.41) is 3.63. The molecule has 0 unspecified atom stereocenters. The minimum atomic E-state index is -2.85. The van der Waals surface area contributed by atoms with E-state index in [1.807, 2.05) is 30.3 Å². The quantitative estimate of drug-likeness (QED) is 0.475. The number of benzene rings is 2. The highest BCUT2D eigenvalue weighted by Crippen LogP contribution is 2.40. The molecule has 3 aromatic rings. The Morgan fingerprint density at radius 2 is 1.80 bits per heavy atom. The fourth-order valence-corrected chi connectivity index (χ4v) is 4.69. The van der Waals surface area contributed by atoms with Crippen molar-refractivity contribution in [2.75, 3.05) is 5.32 Å². The van der Waals surface area contributed by atoms with Gasteiger partial charge in [-0.2, -0.15) is 8.78 Å². The van der Waals surface area contributed by atoms with Gasteiger partial charge in [0.25, 0.3) is 5.91 Å². The van der Waals surface area contributed by atoms with Gasteiger partial charge in [-0.15, -0.1) is 11.3 Å². The van der Waals surface area contributed by atoms with Crippen LogP contribution in [0.25, 0.3) is 0 Å². The summed E-state index contributed by atoms with van der Waals surface area (Å²) in [6.45, 7) is -2.85. The number of ether oxygens (including phenoxy) is 1. The van der Waals surface area contributed by atoms with Gasteiger partial charge in [-0.3, -0.25) is 4.79 Å². The van der Waals surface area contributed by atoms with E-state index in [2.05, 4.69) is 15.0 Å². The minimum Gasteiger partial charge on any atom is -0.435 e. The number of alkyl halides is 2. The van der Waals surface area contributed by atoms with E-state index in [-0.39, 0.29) is 11.7 Å². The lowest BCUT2D eigenvalue weighted by molar-refractivity contribution is -0.0498. The first kappa shape index (κ1) is 20.2. The molecule has 7 heteroatoms. The van der Waals surface area contributed by atoms with Crippen molar-refractivity contribution >= 4 is 34.1 Å². The monoisotopic (exact) mass is 426 g/mol. The third kappa shape index (κ3) is 4.74. The maximum Gasteiger partial charge on any atom is 0.387 e. The maximum absolute atomic E-state index is 13.1. The standard InChI is InChI=1S/C23H20F2N2O2S/c24-23(25)29-17-12-10-15(11-13-17)14-26-22-20(18-8-4-5-9-19(18)30-22)21(28)27-16-6-2-1-3-7-16/h1-3,6-7,10-14,23H,4-5,8-9H2,(H,27,28). The molecular formula is C23H20F2N2O2S. The van der Waals surface area contributed by atoms with Crippen LogP contribution >= 0.6 is 11.3 Å². The molecular weight excluding hydrogens is 406 g/mol. The lowest BCUT2D eigenvalue weighted by Gasteiger charge is -2.12. The number of carbonyl (C=O) groups is 1. The molecule has 0 fully saturated rings. The molecule has 4 nitrogen and oxygen atoms in total. The number of nitrogens with zero attached hydrogens (tertiary/aromatic N) is 1. The number of anilines is 1. The molecule has 2 aromatic carbocycles. The first-order valence-corrected chi connectivity index (χ1v) is 10.5. The Balaban J connectivity index is 1.60. The Morgan fingerprint density at radius 1 is 1.07 bits per heavy atom. The number of nitrogens with one attached hydrogen (secondary N) is 1. The van der Waals surface area contributed by atoms with E-state index in [4.69, 9.17) is 0 Å². The van der Waals surface area contributed by atoms with Crippen LogP contribution in [0.3, 0.4) is 0 Å². The van der Waals surface area contributed by atoms with Gasteiger partial charge >= 0.3 is 6.61 Å². The highest BCUT2D eigenvalue weighted by molar-refractivity contribution is 7.16. The van der Waals surface area contributed by atoms with Gasteiger partial charge in [0.15, 0.2) is 0 Å². The summed E-state index contributed by atoms with van der Waals surface area (Å²) in [6.07, 6.45) is 5.65. The first-order valence-electron chi connectivity index (χ1n) is 9.70. The number of aliphatic imine (C=N–C) groups is 1. The lowest BCUT2D eigenvalue weighted by Crippen LogP contribution is -2.14. The predicted octanol–water partition coefficient (Wildman–Crippen LogP) is 6.23. The van der Waals surface area contributed by atoms with Gasteiger partial charge in [-0.25, -0.2) is 4.99 Å². The zero-order valence-electron chi connectivity index (χ0n) is 16.1. The van der Waals surface area contributed by atoms with Crippen molar-refractivity contribution in [3.8, 4) is 5.75 Å². The molecule has 0 saturated heterocycles. The Kier molecular flexibility index (Phi) is 6.18. The van der Waals surface area contributed by atoms with E-state index in [1.165, 1.54) is 17.0 Å². The topological polar surface area (TPSA) is 50.7 Å². The highest BCUT2D eigenvalue weighted by atomic mass is 32.1. The van der Waals surface area contributed by atoms with Crippen LogP contribution in [0, 0.1) is 0 Å². The average Bonchev–Trinajstić information content (AvgIpc) is 3.12. The fraction of sp³-hybridized carbons (Fsp3) is 0.217. The fourth-order valence-electron chi connectivity index (χ4n) is 3.46. The summed E-state index contributed by atoms with van der Waals surface area (Å²) in [6, 6.07) is 15.6. The number of para-hydroxylation sites is 1. The molecule has 0 aliphatic heterocycles. The minimum absolute atomic E-state index is 0.0941. The number of fused-ring (bicyclic) bond motifs is 1. The van der Waals surface area contributed by atoms with E-state index in [0.29, 0.717) is 10.6 Å². The number of rotatable bonds is 6. The predicted molar refractivity (Wildman–Crippen MR) is 116 cm³/mol. The van der Waals surface area contributed by atoms with Gasteiger partial charge in [0, 0.05) is 16.8 Å². The first-order chi connectivity index (χ1) is 14.6. The highest BCUT2D eigenvalue weighted by Gasteiger charge is 2.25. The summed E-state index contributed by atoms with van der Waals surface area (Å²) < 4.78 is 29.0. The maximum atomic E-state index is 13.1. The smallest absolute Gasteiger partial charge is 0.387 e. The van der Waals surface area contributed by atoms with Crippen LogP contribution in [0.5, 0.6) is 5.75 Å². The Bertz CT molecular complexity index is 1050. The summed E-state index contributed by atoms with van der Waals surface area (Å²) in [4.78, 5) is 18.9. The second-order valence-corrected chi connectivity index (χ2v) is 8.00. The van der Waals surface area contributed by atoms with E-state index in [0.717, 1.165) is 42.5 Å². The van der Waals surface area contributed by atoms with Gasteiger partial charge in [-0.1, -0.05) is 18.2 Å². The average molecular weight is 426 g/mol. The largest absolute Gasteiger partial charge is 0.435 e. The molecule has 1 amide bonds. The van der Waals surface area contributed by atoms with Crippen LogP contribution < -0.4 is 10.1 Å². The summed E-state index contributed by atoms with van der Waals surface area (Å²) in [7, 11) is 0. The lowest BCUT2D eigenvalue weighted by atomic mass is 9.95. The van der Waals surface area contributed by atoms with Crippen LogP contribution in [0.1, 0.15) is 39.2 Å². The van der Waals surface area contributed by atoms with Gasteiger partial charge in [0.1, 0.15) is 10.8 Å². The zero-order chi connectivity index (χ0) is 20.9. The van der Waals surface area contributed by atoms with E-state index in [1.54, 1.807) is 29.7 Å². The Labute approximate surface area is 177 Å². The SMILES string of the molecule is O=C(Nc1ccccc1)c1c(N=Cc2ccc(OC(F)F)cc2)sc2c1CCCC2. The van der Waals surface area contributed by atoms with E-state index in [9.17, 15) is 13.6 Å². The molecule has 1 aromatic heterocycles. The number of amides is 1. The van der Waals surface area contributed by atoms with Crippen LogP contribution in [0.2, 0.25) is 0 Å². The molecule has 154 valence electrons. The van der Waals surface area contributed by atoms with Crippen molar-refractivity contribution in [3.05, 3.63) is 76.2 Å². The molecule has 4 rings (SSSR count). The molecule has 1 aliphatic carbocycles. The molecule has 1 aliphatic rings. The molecule has 1 heterocycles. The van der Waals surface area contributed by atoms with Crippen molar-refractivity contribution in [2.24, 2.45) is 4.99 Å². The van der Waals surface area contributed by atoms with Crippen molar-refractivity contribution in [1.82, 2.24) is 0 Å². The molecule has 0 atom stereocenters. The zero-order valence-corrected chi connectivity index (χ0v) is 16.9. The second kappa shape index (κ2) is 9.17. The van der Waals surface area contributed by atoms with Crippen LogP contribution in [0.4, 0.5) is 19.5 Å². The number of hydrogen-bond donors (Lipinski definition) is 1. The third-order valence-corrected chi connectivity index (χ3v) is 6.05. The number of hydrogen-bond acceptors (Lipinski definition) is 4. The van der Waals surface area contributed by atoms with Gasteiger partial charge in [0.05, 0.1) is 5.56 Å². The van der Waals surface area contributed by atoms with Crippen molar-refractivity contribution in [2.45, 2.75) is 32.3 Å². The molecule has 30 heavy (non-hydrogen) atoms. The van der Waals surface area contributed by atoms with Gasteiger partial charge < -0.3 is 10.1 Å². The van der Waals surface area contributed by atoms with Crippen LogP contribution in [0.15, 0.2) is 59.6 Å². The molecule has 1 N–H and O–H groups in total. The number of carbonyl (C=O) groups excluding carboxylic acids is 1.